The van der Waals surface area contributed by atoms with Gasteiger partial charge in [0.2, 0.25) is 0 Å². The van der Waals surface area contributed by atoms with Gasteiger partial charge in [-0.05, 0) is 30.9 Å². The highest BCUT2D eigenvalue weighted by atomic mass is 16.6. The van der Waals surface area contributed by atoms with Crippen molar-refractivity contribution in [3.63, 3.8) is 0 Å². The molecule has 5 heteroatoms. The highest BCUT2D eigenvalue weighted by molar-refractivity contribution is 5.74. The highest BCUT2D eigenvalue weighted by Crippen LogP contribution is 2.30. The summed E-state index contributed by atoms with van der Waals surface area (Å²) in [5, 5.41) is 13.9. The van der Waals surface area contributed by atoms with Crippen LogP contribution in [0.5, 0.6) is 0 Å². The van der Waals surface area contributed by atoms with Crippen LogP contribution in [-0.4, -0.2) is 11.5 Å². The molecule has 0 unspecified atom stereocenters. The number of benzene rings is 1. The molecular weight excluding hydrogens is 218 g/mol. The summed E-state index contributed by atoms with van der Waals surface area (Å²) >= 11 is 0. The van der Waals surface area contributed by atoms with E-state index in [2.05, 4.69) is 19.2 Å². The van der Waals surface area contributed by atoms with Gasteiger partial charge in [0.15, 0.2) is 0 Å². The Kier molecular flexibility index (Phi) is 4.75. The number of hydrogen-bond acceptors (Lipinski definition) is 4. The summed E-state index contributed by atoms with van der Waals surface area (Å²) in [7, 11) is 0. The highest BCUT2D eigenvalue weighted by Gasteiger charge is 2.16. The van der Waals surface area contributed by atoms with Crippen molar-refractivity contribution in [2.75, 3.05) is 17.6 Å². The standard InChI is InChI=1S/C12H19N3O2/c1-9(2)5-4-8-14-11-7-3-6-10(13)12(11)15(16)17/h3,6-7,9,14H,4-5,8,13H2,1-2H3. The van der Waals surface area contributed by atoms with Crippen molar-refractivity contribution >= 4 is 17.1 Å². The molecule has 1 aromatic rings. The van der Waals surface area contributed by atoms with E-state index < -0.39 is 4.92 Å². The molecule has 1 rings (SSSR count). The minimum atomic E-state index is -0.444. The van der Waals surface area contributed by atoms with Gasteiger partial charge in [-0.3, -0.25) is 10.1 Å². The van der Waals surface area contributed by atoms with Crippen molar-refractivity contribution in [3.05, 3.63) is 28.3 Å². The maximum absolute atomic E-state index is 10.9. The van der Waals surface area contributed by atoms with Gasteiger partial charge in [-0.2, -0.15) is 0 Å². The summed E-state index contributed by atoms with van der Waals surface area (Å²) in [4.78, 5) is 10.4. The number of para-hydroxylation sites is 1. The monoisotopic (exact) mass is 237 g/mol. The number of nitrogens with two attached hydrogens (primary N) is 1. The van der Waals surface area contributed by atoms with Crippen LogP contribution in [0, 0.1) is 16.0 Å². The van der Waals surface area contributed by atoms with Gasteiger partial charge in [0, 0.05) is 6.54 Å². The Balaban J connectivity index is 2.64. The molecule has 0 aliphatic heterocycles. The molecule has 0 radical (unpaired) electrons. The van der Waals surface area contributed by atoms with E-state index >= 15 is 0 Å². The Morgan fingerprint density at radius 3 is 2.76 bits per heavy atom. The molecule has 0 saturated carbocycles. The molecule has 0 amide bonds. The van der Waals surface area contributed by atoms with Gasteiger partial charge in [-0.25, -0.2) is 0 Å². The van der Waals surface area contributed by atoms with E-state index in [0.29, 0.717) is 11.6 Å². The summed E-state index contributed by atoms with van der Waals surface area (Å²) < 4.78 is 0. The number of nitro groups is 1. The van der Waals surface area contributed by atoms with Crippen LogP contribution >= 0.6 is 0 Å². The van der Waals surface area contributed by atoms with E-state index in [0.717, 1.165) is 19.4 Å². The van der Waals surface area contributed by atoms with Crippen LogP contribution < -0.4 is 11.1 Å². The third-order valence-electron chi connectivity index (χ3n) is 2.52. The first kappa shape index (κ1) is 13.3. The normalized spacial score (nSPS) is 10.5. The van der Waals surface area contributed by atoms with Crippen LogP contribution in [0.2, 0.25) is 0 Å². The smallest absolute Gasteiger partial charge is 0.314 e. The lowest BCUT2D eigenvalue weighted by Gasteiger charge is -2.09. The first-order valence-electron chi connectivity index (χ1n) is 5.79. The SMILES string of the molecule is CC(C)CCCNc1cccc(N)c1[N+](=O)[O-]. The van der Waals surface area contributed by atoms with Crippen molar-refractivity contribution in [1.29, 1.82) is 0 Å². The van der Waals surface area contributed by atoms with E-state index in [-0.39, 0.29) is 11.4 Å². The zero-order valence-corrected chi connectivity index (χ0v) is 10.3. The molecule has 5 nitrogen and oxygen atoms in total. The average molecular weight is 237 g/mol. The van der Waals surface area contributed by atoms with Gasteiger partial charge >= 0.3 is 5.69 Å². The van der Waals surface area contributed by atoms with Crippen LogP contribution in [-0.2, 0) is 0 Å². The minimum absolute atomic E-state index is 0.0305. The molecule has 0 spiro atoms. The van der Waals surface area contributed by atoms with Crippen molar-refractivity contribution < 1.29 is 4.92 Å². The molecule has 17 heavy (non-hydrogen) atoms. The van der Waals surface area contributed by atoms with Gasteiger partial charge in [0.25, 0.3) is 0 Å². The zero-order chi connectivity index (χ0) is 12.8. The number of anilines is 2. The summed E-state index contributed by atoms with van der Waals surface area (Å²) in [6.45, 7) is 5.04. The van der Waals surface area contributed by atoms with Crippen molar-refractivity contribution in [1.82, 2.24) is 0 Å². The second-order valence-corrected chi connectivity index (χ2v) is 4.46. The summed E-state index contributed by atoms with van der Waals surface area (Å²) in [5.74, 6) is 0.646. The fourth-order valence-corrected chi connectivity index (χ4v) is 1.64. The molecule has 94 valence electrons. The number of nitrogens with zero attached hydrogens (tertiary/aromatic N) is 1. The van der Waals surface area contributed by atoms with Crippen molar-refractivity contribution in [3.8, 4) is 0 Å². The van der Waals surface area contributed by atoms with Gasteiger partial charge in [-0.1, -0.05) is 19.9 Å². The van der Waals surface area contributed by atoms with E-state index in [4.69, 9.17) is 5.73 Å². The summed E-state index contributed by atoms with van der Waals surface area (Å²) in [5.41, 5.74) is 6.26. The molecule has 0 aromatic heterocycles. The quantitative estimate of drug-likeness (QED) is 0.345. The Hall–Kier alpha value is -1.78. The summed E-state index contributed by atoms with van der Waals surface area (Å²) in [6.07, 6.45) is 2.09. The topological polar surface area (TPSA) is 81.2 Å². The molecule has 0 atom stereocenters. The predicted octanol–water partition coefficient (Wildman–Crippen LogP) is 3.03. The van der Waals surface area contributed by atoms with E-state index in [9.17, 15) is 10.1 Å². The van der Waals surface area contributed by atoms with E-state index in [1.165, 1.54) is 6.07 Å². The molecule has 0 aliphatic rings. The van der Waals surface area contributed by atoms with Gasteiger partial charge < -0.3 is 11.1 Å². The third kappa shape index (κ3) is 3.94. The molecular formula is C12H19N3O2. The Bertz CT molecular complexity index is 391. The molecule has 0 aliphatic carbocycles. The minimum Gasteiger partial charge on any atom is -0.393 e. The lowest BCUT2D eigenvalue weighted by atomic mass is 10.1. The molecule has 0 heterocycles. The van der Waals surface area contributed by atoms with Crippen LogP contribution in [0.15, 0.2) is 18.2 Å². The largest absolute Gasteiger partial charge is 0.393 e. The van der Waals surface area contributed by atoms with Crippen molar-refractivity contribution in [2.24, 2.45) is 5.92 Å². The molecule has 0 bridgehead atoms. The Morgan fingerprint density at radius 2 is 2.18 bits per heavy atom. The van der Waals surface area contributed by atoms with Crippen LogP contribution in [0.25, 0.3) is 0 Å². The van der Waals surface area contributed by atoms with E-state index in [1.54, 1.807) is 12.1 Å². The summed E-state index contributed by atoms with van der Waals surface area (Å²) in [6, 6.07) is 4.94. The first-order valence-corrected chi connectivity index (χ1v) is 5.79. The Morgan fingerprint density at radius 1 is 1.47 bits per heavy atom. The average Bonchev–Trinajstić information content (AvgIpc) is 2.23. The second kappa shape index (κ2) is 6.08. The van der Waals surface area contributed by atoms with Crippen LogP contribution in [0.4, 0.5) is 17.1 Å². The number of hydrogen-bond donors (Lipinski definition) is 2. The van der Waals surface area contributed by atoms with Crippen LogP contribution in [0.1, 0.15) is 26.7 Å². The molecule has 1 aromatic carbocycles. The number of nitro benzene ring substituents is 1. The van der Waals surface area contributed by atoms with Crippen molar-refractivity contribution in [2.45, 2.75) is 26.7 Å². The fourth-order valence-electron chi connectivity index (χ4n) is 1.64. The lowest BCUT2D eigenvalue weighted by molar-refractivity contribution is -0.383. The first-order chi connectivity index (χ1) is 8.02. The fraction of sp³-hybridized carbons (Fsp3) is 0.500. The number of rotatable bonds is 6. The van der Waals surface area contributed by atoms with Gasteiger partial charge in [0.05, 0.1) is 4.92 Å². The maximum atomic E-state index is 10.9. The molecule has 0 fully saturated rings. The maximum Gasteiger partial charge on any atom is 0.314 e. The second-order valence-electron chi connectivity index (χ2n) is 4.46. The zero-order valence-electron chi connectivity index (χ0n) is 10.3. The Labute approximate surface area is 101 Å². The number of nitrogens with one attached hydrogen (secondary N) is 1. The van der Waals surface area contributed by atoms with Gasteiger partial charge in [0.1, 0.15) is 11.4 Å². The van der Waals surface area contributed by atoms with E-state index in [1.807, 2.05) is 0 Å². The van der Waals surface area contributed by atoms with Gasteiger partial charge in [-0.15, -0.1) is 0 Å². The van der Waals surface area contributed by atoms with Crippen LogP contribution in [0.3, 0.4) is 0 Å². The predicted molar refractivity (Wildman–Crippen MR) is 70.1 cm³/mol. The number of nitrogen functional groups attached to an aromatic ring is 1. The molecule has 0 saturated heterocycles. The third-order valence-corrected chi connectivity index (χ3v) is 2.52. The lowest BCUT2D eigenvalue weighted by Crippen LogP contribution is -2.06. The molecule has 3 N–H and O–H groups in total.